The Morgan fingerprint density at radius 3 is 2.56 bits per heavy atom. The van der Waals surface area contributed by atoms with Crippen LogP contribution in [0.15, 0.2) is 30.5 Å². The predicted molar refractivity (Wildman–Crippen MR) is 72.3 cm³/mol. The molecule has 0 bridgehead atoms. The zero-order chi connectivity index (χ0) is 13.1. The van der Waals surface area contributed by atoms with Gasteiger partial charge in [0.1, 0.15) is 5.01 Å². The number of hydrogen-bond donors (Lipinski definition) is 2. The molecule has 0 aliphatic rings. The minimum absolute atomic E-state index is 0.111. The first-order valence-electron chi connectivity index (χ1n) is 5.58. The molecule has 2 rings (SSSR count). The lowest BCUT2D eigenvalue weighted by atomic mass is 10.2. The van der Waals surface area contributed by atoms with Crippen molar-refractivity contribution in [2.45, 2.75) is 19.9 Å². The highest BCUT2D eigenvalue weighted by atomic mass is 32.1. The van der Waals surface area contributed by atoms with E-state index in [-0.39, 0.29) is 6.04 Å². The summed E-state index contributed by atoms with van der Waals surface area (Å²) in [5.74, 6) is -0.912. The maximum Gasteiger partial charge on any atom is 0.335 e. The lowest BCUT2D eigenvalue weighted by molar-refractivity contribution is 0.0697. The number of carboxylic acids is 1. The van der Waals surface area contributed by atoms with Crippen LogP contribution in [0.4, 0.5) is 5.69 Å². The van der Waals surface area contributed by atoms with E-state index in [9.17, 15) is 4.79 Å². The summed E-state index contributed by atoms with van der Waals surface area (Å²) in [5.41, 5.74) is 1.18. The summed E-state index contributed by atoms with van der Waals surface area (Å²) < 4.78 is 0. The van der Waals surface area contributed by atoms with Crippen molar-refractivity contribution in [3.8, 4) is 0 Å². The van der Waals surface area contributed by atoms with Gasteiger partial charge < -0.3 is 10.4 Å². The number of nitrogens with zero attached hydrogens (tertiary/aromatic N) is 1. The molecule has 0 aliphatic heterocycles. The fourth-order valence-electron chi connectivity index (χ4n) is 1.59. The molecule has 2 aromatic rings. The smallest absolute Gasteiger partial charge is 0.335 e. The van der Waals surface area contributed by atoms with Crippen LogP contribution in [0.2, 0.25) is 0 Å². The van der Waals surface area contributed by atoms with Gasteiger partial charge in [-0.2, -0.15) is 0 Å². The van der Waals surface area contributed by atoms with E-state index < -0.39 is 5.97 Å². The van der Waals surface area contributed by atoms with Crippen molar-refractivity contribution in [2.75, 3.05) is 5.32 Å². The molecule has 0 spiro atoms. The van der Waals surface area contributed by atoms with Gasteiger partial charge in [0.05, 0.1) is 11.6 Å². The number of thiazole rings is 1. The molecule has 2 N–H and O–H groups in total. The molecule has 0 saturated carbocycles. The van der Waals surface area contributed by atoms with E-state index in [0.717, 1.165) is 10.7 Å². The van der Waals surface area contributed by atoms with Gasteiger partial charge >= 0.3 is 5.97 Å². The molecule has 18 heavy (non-hydrogen) atoms. The third-order valence-electron chi connectivity index (χ3n) is 2.52. The highest BCUT2D eigenvalue weighted by Crippen LogP contribution is 2.23. The summed E-state index contributed by atoms with van der Waals surface area (Å²) in [5, 5.41) is 13.1. The van der Waals surface area contributed by atoms with Crippen LogP contribution in [0, 0.1) is 6.92 Å². The molecule has 1 heterocycles. The number of rotatable bonds is 4. The molecular formula is C13H14N2O2S. The van der Waals surface area contributed by atoms with Crippen molar-refractivity contribution in [3.05, 3.63) is 45.9 Å². The largest absolute Gasteiger partial charge is 0.478 e. The zero-order valence-electron chi connectivity index (χ0n) is 10.2. The van der Waals surface area contributed by atoms with Crippen LogP contribution in [0.3, 0.4) is 0 Å². The average molecular weight is 262 g/mol. The standard InChI is InChI=1S/C13H14N2O2S/c1-8-7-14-12(18-8)9(2)15-11-5-3-10(4-6-11)13(16)17/h3-7,9,15H,1-2H3,(H,16,17). The monoisotopic (exact) mass is 262 g/mol. The number of hydrogen-bond acceptors (Lipinski definition) is 4. The average Bonchev–Trinajstić information content (AvgIpc) is 2.76. The Balaban J connectivity index is 2.07. The Kier molecular flexibility index (Phi) is 3.62. The number of carbonyl (C=O) groups is 1. The minimum Gasteiger partial charge on any atom is -0.478 e. The number of benzene rings is 1. The number of nitrogens with one attached hydrogen (secondary N) is 1. The van der Waals surface area contributed by atoms with Gasteiger partial charge in [-0.05, 0) is 38.1 Å². The first kappa shape index (κ1) is 12.6. The first-order chi connectivity index (χ1) is 8.56. The van der Waals surface area contributed by atoms with Crippen LogP contribution < -0.4 is 5.32 Å². The third kappa shape index (κ3) is 2.87. The Morgan fingerprint density at radius 1 is 1.39 bits per heavy atom. The van der Waals surface area contributed by atoms with Crippen molar-refractivity contribution in [1.82, 2.24) is 4.98 Å². The van der Waals surface area contributed by atoms with Crippen LogP contribution in [0.1, 0.15) is 33.2 Å². The summed E-state index contributed by atoms with van der Waals surface area (Å²) in [7, 11) is 0. The molecule has 94 valence electrons. The maximum atomic E-state index is 10.7. The highest BCUT2D eigenvalue weighted by molar-refractivity contribution is 7.11. The quantitative estimate of drug-likeness (QED) is 0.887. The molecular weight excluding hydrogens is 248 g/mol. The number of anilines is 1. The number of aromatic nitrogens is 1. The first-order valence-corrected chi connectivity index (χ1v) is 6.40. The Hall–Kier alpha value is -1.88. The van der Waals surface area contributed by atoms with E-state index in [1.807, 2.05) is 20.0 Å². The zero-order valence-corrected chi connectivity index (χ0v) is 11.0. The Labute approximate surface area is 109 Å². The fourth-order valence-corrected chi connectivity index (χ4v) is 2.37. The van der Waals surface area contributed by atoms with E-state index in [1.165, 1.54) is 4.88 Å². The Bertz CT molecular complexity index is 548. The second-order valence-electron chi connectivity index (χ2n) is 4.06. The summed E-state index contributed by atoms with van der Waals surface area (Å²) in [6.45, 7) is 4.05. The van der Waals surface area contributed by atoms with Crippen molar-refractivity contribution in [1.29, 1.82) is 0 Å². The molecule has 4 nitrogen and oxygen atoms in total. The third-order valence-corrected chi connectivity index (χ3v) is 3.62. The molecule has 0 saturated heterocycles. The SMILES string of the molecule is Cc1cnc(C(C)Nc2ccc(C(=O)O)cc2)s1. The van der Waals surface area contributed by atoms with Crippen molar-refractivity contribution in [3.63, 3.8) is 0 Å². The molecule has 1 aromatic carbocycles. The van der Waals surface area contributed by atoms with E-state index in [4.69, 9.17) is 5.11 Å². The molecule has 0 amide bonds. The topological polar surface area (TPSA) is 62.2 Å². The number of aromatic carboxylic acids is 1. The molecule has 1 aromatic heterocycles. The van der Waals surface area contributed by atoms with E-state index in [0.29, 0.717) is 5.56 Å². The van der Waals surface area contributed by atoms with Crippen LogP contribution in [-0.2, 0) is 0 Å². The van der Waals surface area contributed by atoms with Crippen LogP contribution >= 0.6 is 11.3 Å². The molecule has 5 heteroatoms. The van der Waals surface area contributed by atoms with Gasteiger partial charge in [0, 0.05) is 16.8 Å². The van der Waals surface area contributed by atoms with Gasteiger partial charge in [0.25, 0.3) is 0 Å². The van der Waals surface area contributed by atoms with E-state index >= 15 is 0 Å². The summed E-state index contributed by atoms with van der Waals surface area (Å²) in [6, 6.07) is 6.81. The van der Waals surface area contributed by atoms with Crippen LogP contribution in [-0.4, -0.2) is 16.1 Å². The van der Waals surface area contributed by atoms with Gasteiger partial charge in [-0.25, -0.2) is 9.78 Å². The fraction of sp³-hybridized carbons (Fsp3) is 0.231. The highest BCUT2D eigenvalue weighted by Gasteiger charge is 2.09. The maximum absolute atomic E-state index is 10.7. The van der Waals surface area contributed by atoms with Crippen molar-refractivity contribution >= 4 is 23.0 Å². The number of aryl methyl sites for hydroxylation is 1. The number of carboxylic acid groups (broad SMARTS) is 1. The van der Waals surface area contributed by atoms with Gasteiger partial charge in [-0.15, -0.1) is 11.3 Å². The van der Waals surface area contributed by atoms with Crippen molar-refractivity contribution in [2.24, 2.45) is 0 Å². The van der Waals surface area contributed by atoms with Crippen molar-refractivity contribution < 1.29 is 9.90 Å². The molecule has 0 aliphatic carbocycles. The summed E-state index contributed by atoms with van der Waals surface area (Å²) >= 11 is 1.66. The summed E-state index contributed by atoms with van der Waals surface area (Å²) in [6.07, 6.45) is 1.85. The van der Waals surface area contributed by atoms with E-state index in [1.54, 1.807) is 35.6 Å². The van der Waals surface area contributed by atoms with E-state index in [2.05, 4.69) is 10.3 Å². The van der Waals surface area contributed by atoms with Gasteiger partial charge in [-0.3, -0.25) is 0 Å². The minimum atomic E-state index is -0.912. The normalized spacial score (nSPS) is 12.1. The summed E-state index contributed by atoms with van der Waals surface area (Å²) in [4.78, 5) is 16.2. The van der Waals surface area contributed by atoms with Gasteiger partial charge in [0.15, 0.2) is 0 Å². The van der Waals surface area contributed by atoms with Gasteiger partial charge in [-0.1, -0.05) is 0 Å². The molecule has 1 atom stereocenters. The predicted octanol–water partition coefficient (Wildman–Crippen LogP) is 3.32. The second-order valence-corrected chi connectivity index (χ2v) is 5.32. The Morgan fingerprint density at radius 2 is 2.06 bits per heavy atom. The molecule has 0 radical (unpaired) electrons. The lowest BCUT2D eigenvalue weighted by Gasteiger charge is -2.12. The second kappa shape index (κ2) is 5.18. The molecule has 0 fully saturated rings. The lowest BCUT2D eigenvalue weighted by Crippen LogP contribution is -2.06. The van der Waals surface area contributed by atoms with Crippen LogP contribution in [0.5, 0.6) is 0 Å². The molecule has 1 unspecified atom stereocenters. The van der Waals surface area contributed by atoms with Gasteiger partial charge in [0.2, 0.25) is 0 Å². The van der Waals surface area contributed by atoms with Crippen LogP contribution in [0.25, 0.3) is 0 Å².